The van der Waals surface area contributed by atoms with Crippen molar-refractivity contribution < 1.29 is 9.84 Å². The maximum absolute atomic E-state index is 9.88. The van der Waals surface area contributed by atoms with E-state index in [-0.39, 0.29) is 18.0 Å². The molecule has 0 bridgehead atoms. The number of thiophene rings is 1. The van der Waals surface area contributed by atoms with Gasteiger partial charge in [0.25, 0.3) is 0 Å². The SMILES string of the molecule is Oc1cccc(C2Oc3ccccc3C3C=C(c4cccs4)NN32)c1. The Kier molecular flexibility index (Phi) is 3.29. The van der Waals surface area contributed by atoms with E-state index < -0.39 is 0 Å². The first-order chi connectivity index (χ1) is 12.3. The van der Waals surface area contributed by atoms with Crippen molar-refractivity contribution in [1.82, 2.24) is 10.4 Å². The molecule has 2 N–H and O–H groups in total. The van der Waals surface area contributed by atoms with Crippen molar-refractivity contribution in [2.75, 3.05) is 0 Å². The monoisotopic (exact) mass is 348 g/mol. The van der Waals surface area contributed by atoms with E-state index in [0.717, 1.165) is 22.6 Å². The first kappa shape index (κ1) is 14.6. The van der Waals surface area contributed by atoms with Crippen molar-refractivity contribution in [2.24, 2.45) is 0 Å². The van der Waals surface area contributed by atoms with Gasteiger partial charge in [-0.25, -0.2) is 0 Å². The van der Waals surface area contributed by atoms with Gasteiger partial charge >= 0.3 is 0 Å². The van der Waals surface area contributed by atoms with Gasteiger partial charge in [-0.05, 0) is 35.7 Å². The summed E-state index contributed by atoms with van der Waals surface area (Å²) in [4.78, 5) is 1.20. The predicted molar refractivity (Wildman–Crippen MR) is 97.9 cm³/mol. The molecule has 25 heavy (non-hydrogen) atoms. The summed E-state index contributed by atoms with van der Waals surface area (Å²) in [5.74, 6) is 1.12. The first-order valence-electron chi connectivity index (χ1n) is 8.15. The Hall–Kier alpha value is -2.76. The van der Waals surface area contributed by atoms with Crippen molar-refractivity contribution in [1.29, 1.82) is 0 Å². The number of fused-ring (bicyclic) bond motifs is 3. The molecule has 4 nitrogen and oxygen atoms in total. The van der Waals surface area contributed by atoms with Crippen LogP contribution in [0.2, 0.25) is 0 Å². The third-order valence-electron chi connectivity index (χ3n) is 4.54. The molecule has 0 spiro atoms. The van der Waals surface area contributed by atoms with Crippen molar-refractivity contribution >= 4 is 17.0 Å². The summed E-state index contributed by atoms with van der Waals surface area (Å²) in [5, 5.41) is 14.1. The highest BCUT2D eigenvalue weighted by Crippen LogP contribution is 2.46. The zero-order valence-corrected chi connectivity index (χ0v) is 14.1. The zero-order chi connectivity index (χ0) is 16.8. The second kappa shape index (κ2) is 5.65. The molecule has 3 aromatic rings. The van der Waals surface area contributed by atoms with Gasteiger partial charge in [-0.15, -0.1) is 11.3 Å². The van der Waals surface area contributed by atoms with Crippen LogP contribution in [0.3, 0.4) is 0 Å². The number of aromatic hydroxyl groups is 1. The highest BCUT2D eigenvalue weighted by atomic mass is 32.1. The normalized spacial score (nSPS) is 21.7. The fourth-order valence-corrected chi connectivity index (χ4v) is 4.12. The van der Waals surface area contributed by atoms with Gasteiger partial charge in [0.2, 0.25) is 0 Å². The lowest BCUT2D eigenvalue weighted by Crippen LogP contribution is -2.42. The van der Waals surface area contributed by atoms with Gasteiger partial charge in [0, 0.05) is 11.1 Å². The summed E-state index contributed by atoms with van der Waals surface area (Å²) >= 11 is 1.71. The van der Waals surface area contributed by atoms with Crippen LogP contribution in [0.15, 0.2) is 72.1 Å². The Labute approximate surface area is 149 Å². The number of hydrogen-bond donors (Lipinski definition) is 2. The highest BCUT2D eigenvalue weighted by Gasteiger charge is 2.40. The van der Waals surface area contributed by atoms with E-state index in [1.54, 1.807) is 23.5 Å². The number of phenolic OH excluding ortho intramolecular Hbond substituents is 1. The van der Waals surface area contributed by atoms with Gasteiger partial charge < -0.3 is 15.3 Å². The molecule has 0 radical (unpaired) electrons. The number of benzene rings is 2. The second-order valence-electron chi connectivity index (χ2n) is 6.12. The van der Waals surface area contributed by atoms with Crippen molar-refractivity contribution in [3.8, 4) is 11.5 Å². The van der Waals surface area contributed by atoms with E-state index in [4.69, 9.17) is 4.74 Å². The third-order valence-corrected chi connectivity index (χ3v) is 5.45. The number of nitrogens with one attached hydrogen (secondary N) is 1. The predicted octanol–water partition coefficient (Wildman–Crippen LogP) is 4.45. The fourth-order valence-electron chi connectivity index (χ4n) is 3.41. The lowest BCUT2D eigenvalue weighted by molar-refractivity contribution is -0.0327. The summed E-state index contributed by atoms with van der Waals surface area (Å²) in [6.07, 6.45) is 1.92. The molecule has 5 rings (SSSR count). The molecule has 2 atom stereocenters. The van der Waals surface area contributed by atoms with Crippen LogP contribution in [0, 0.1) is 0 Å². The number of hydrogen-bond acceptors (Lipinski definition) is 5. The molecular formula is C20H16N2O2S. The molecule has 2 aromatic carbocycles. The Bertz CT molecular complexity index is 952. The molecule has 3 heterocycles. The average molecular weight is 348 g/mol. The van der Waals surface area contributed by atoms with Crippen molar-refractivity contribution in [3.63, 3.8) is 0 Å². The topological polar surface area (TPSA) is 44.7 Å². The molecule has 0 amide bonds. The number of hydrazine groups is 1. The van der Waals surface area contributed by atoms with E-state index in [1.807, 2.05) is 30.3 Å². The van der Waals surface area contributed by atoms with E-state index >= 15 is 0 Å². The number of ether oxygens (including phenoxy) is 1. The minimum absolute atomic E-state index is 0.0781. The molecule has 5 heteroatoms. The molecule has 2 unspecified atom stereocenters. The van der Waals surface area contributed by atoms with Gasteiger partial charge in [-0.1, -0.05) is 36.4 Å². The van der Waals surface area contributed by atoms with Crippen LogP contribution in [0.25, 0.3) is 5.70 Å². The molecule has 124 valence electrons. The van der Waals surface area contributed by atoms with Crippen LogP contribution in [-0.2, 0) is 0 Å². The lowest BCUT2D eigenvalue weighted by atomic mass is 10.0. The van der Waals surface area contributed by atoms with Crippen LogP contribution in [-0.4, -0.2) is 10.1 Å². The van der Waals surface area contributed by atoms with Crippen LogP contribution in [0.1, 0.15) is 28.3 Å². The summed E-state index contributed by atoms with van der Waals surface area (Å²) < 4.78 is 6.27. The summed E-state index contributed by atoms with van der Waals surface area (Å²) in [6, 6.07) is 19.6. The molecular weight excluding hydrogens is 332 g/mol. The van der Waals surface area contributed by atoms with Crippen LogP contribution < -0.4 is 10.2 Å². The maximum atomic E-state index is 9.88. The largest absolute Gasteiger partial charge is 0.508 e. The second-order valence-corrected chi connectivity index (χ2v) is 7.07. The number of para-hydroxylation sites is 1. The Morgan fingerprint density at radius 2 is 1.96 bits per heavy atom. The van der Waals surface area contributed by atoms with E-state index in [1.165, 1.54) is 4.88 Å². The molecule has 0 fully saturated rings. The van der Waals surface area contributed by atoms with Gasteiger partial charge in [0.15, 0.2) is 6.23 Å². The Balaban J connectivity index is 1.61. The molecule has 2 aliphatic heterocycles. The highest BCUT2D eigenvalue weighted by molar-refractivity contribution is 7.11. The number of rotatable bonds is 2. The van der Waals surface area contributed by atoms with Crippen LogP contribution in [0.5, 0.6) is 11.5 Å². The fraction of sp³-hybridized carbons (Fsp3) is 0.100. The molecule has 0 saturated heterocycles. The zero-order valence-electron chi connectivity index (χ0n) is 13.3. The van der Waals surface area contributed by atoms with Gasteiger partial charge in [0.05, 0.1) is 16.6 Å². The van der Waals surface area contributed by atoms with E-state index in [0.29, 0.717) is 0 Å². The molecule has 2 aliphatic rings. The quantitative estimate of drug-likeness (QED) is 0.718. The van der Waals surface area contributed by atoms with E-state index in [2.05, 4.69) is 40.1 Å². The Morgan fingerprint density at radius 3 is 2.80 bits per heavy atom. The van der Waals surface area contributed by atoms with E-state index in [9.17, 15) is 5.11 Å². The van der Waals surface area contributed by atoms with Gasteiger partial charge in [-0.3, -0.25) is 0 Å². The first-order valence-corrected chi connectivity index (χ1v) is 9.03. The molecule has 1 aromatic heterocycles. The standard InChI is InChI=1S/C20H16N2O2S/c23-14-6-3-5-13(11-14)20-22-17(15-7-1-2-8-18(15)24-20)12-16(21-22)19-9-4-10-25-19/h1-12,17,20-21,23H. The minimum atomic E-state index is -0.319. The summed E-state index contributed by atoms with van der Waals surface area (Å²) in [7, 11) is 0. The lowest BCUT2D eigenvalue weighted by Gasteiger charge is -2.38. The smallest absolute Gasteiger partial charge is 0.196 e. The number of nitrogens with zero attached hydrogens (tertiary/aromatic N) is 1. The third kappa shape index (κ3) is 2.40. The van der Waals surface area contributed by atoms with Gasteiger partial charge in [0.1, 0.15) is 11.5 Å². The van der Waals surface area contributed by atoms with Gasteiger partial charge in [-0.2, -0.15) is 5.01 Å². The Morgan fingerprint density at radius 1 is 1.04 bits per heavy atom. The summed E-state index contributed by atoms with van der Waals surface area (Å²) in [6.45, 7) is 0. The van der Waals surface area contributed by atoms with Crippen LogP contribution >= 0.6 is 11.3 Å². The van der Waals surface area contributed by atoms with Crippen LogP contribution in [0.4, 0.5) is 0 Å². The van der Waals surface area contributed by atoms with Crippen molar-refractivity contribution in [2.45, 2.75) is 12.3 Å². The molecule has 0 saturated carbocycles. The average Bonchev–Trinajstić information content (AvgIpc) is 3.30. The summed E-state index contributed by atoms with van der Waals surface area (Å²) in [5.41, 5.74) is 6.64. The maximum Gasteiger partial charge on any atom is 0.196 e. The molecule has 0 aliphatic carbocycles. The van der Waals surface area contributed by atoms with Crippen molar-refractivity contribution in [3.05, 3.63) is 88.1 Å². The minimum Gasteiger partial charge on any atom is -0.508 e. The number of phenols is 1.